The molecule has 4 amide bonds. The topological polar surface area (TPSA) is 215 Å². The number of hydrogen-bond acceptors (Lipinski definition) is 9. The largest absolute Gasteiger partial charge is 0.467 e. The van der Waals surface area contributed by atoms with Crippen LogP contribution in [0.2, 0.25) is 0 Å². The summed E-state index contributed by atoms with van der Waals surface area (Å²) < 4.78 is 23.7. The van der Waals surface area contributed by atoms with Crippen LogP contribution in [0.25, 0.3) is 0 Å². The van der Waals surface area contributed by atoms with E-state index in [9.17, 15) is 33.4 Å². The third-order valence-electron chi connectivity index (χ3n) is 7.56. The summed E-state index contributed by atoms with van der Waals surface area (Å²) in [7, 11) is -3.40. The maximum absolute atomic E-state index is 13.5. The fraction of sp³-hybridized carbons (Fsp3) is 0.645. The zero-order valence-corrected chi connectivity index (χ0v) is 29.2. The highest BCUT2D eigenvalue weighted by molar-refractivity contribution is 7.52. The van der Waals surface area contributed by atoms with Gasteiger partial charge in [-0.1, -0.05) is 65.0 Å². The maximum atomic E-state index is 13.5. The molecule has 0 saturated carbocycles. The van der Waals surface area contributed by atoms with Crippen molar-refractivity contribution in [3.05, 3.63) is 35.9 Å². The first-order chi connectivity index (χ1) is 21.2. The average molecular weight is 670 g/mol. The van der Waals surface area contributed by atoms with Crippen molar-refractivity contribution in [1.82, 2.24) is 21.3 Å². The van der Waals surface area contributed by atoms with Crippen molar-refractivity contribution in [2.45, 2.75) is 104 Å². The van der Waals surface area contributed by atoms with Gasteiger partial charge in [0.05, 0.1) is 18.8 Å². The Kier molecular flexibility index (Phi) is 16.0. The van der Waals surface area contributed by atoms with Crippen LogP contribution in [0.3, 0.4) is 0 Å². The van der Waals surface area contributed by atoms with Gasteiger partial charge >= 0.3 is 13.6 Å². The second kappa shape index (κ2) is 18.1. The fourth-order valence-corrected chi connectivity index (χ4v) is 5.80. The molecular weight excluding hydrogens is 617 g/mol. The van der Waals surface area contributed by atoms with Crippen LogP contribution in [0.15, 0.2) is 30.3 Å². The van der Waals surface area contributed by atoms with Crippen molar-refractivity contribution >= 4 is 37.2 Å². The lowest BCUT2D eigenvalue weighted by atomic mass is 9.96. The Bertz CT molecular complexity index is 1240. The minimum atomic E-state index is -4.57. The highest BCUT2D eigenvalue weighted by Gasteiger charge is 2.37. The third kappa shape index (κ3) is 13.2. The van der Waals surface area contributed by atoms with E-state index in [1.54, 1.807) is 71.9 Å². The molecule has 260 valence electrons. The highest BCUT2D eigenvalue weighted by Crippen LogP contribution is 2.45. The monoisotopic (exact) mass is 669 g/mol. The van der Waals surface area contributed by atoms with Crippen molar-refractivity contribution in [2.75, 3.05) is 13.3 Å². The molecule has 0 fully saturated rings. The zero-order chi connectivity index (χ0) is 35.4. The number of benzene rings is 1. The molecule has 46 heavy (non-hydrogen) atoms. The van der Waals surface area contributed by atoms with Crippen LogP contribution in [0.1, 0.15) is 67.4 Å². The molecule has 1 rings (SSSR count). The lowest BCUT2D eigenvalue weighted by Crippen LogP contribution is -2.59. The predicted octanol–water partition coefficient (Wildman–Crippen LogP) is 1.39. The molecule has 1 unspecified atom stereocenters. The van der Waals surface area contributed by atoms with Gasteiger partial charge in [-0.15, -0.1) is 0 Å². The average Bonchev–Trinajstić information content (AvgIpc) is 2.98. The van der Waals surface area contributed by atoms with Gasteiger partial charge < -0.3 is 36.6 Å². The lowest BCUT2D eigenvalue weighted by molar-refractivity contribution is -0.144. The van der Waals surface area contributed by atoms with Crippen LogP contribution in [0.5, 0.6) is 0 Å². The Labute approximate surface area is 271 Å². The normalized spacial score (nSPS) is 17.3. The number of amides is 4. The number of hydrogen-bond donors (Lipinski definition) is 6. The number of rotatable bonds is 18. The molecule has 14 nitrogen and oxygen atoms in total. The van der Waals surface area contributed by atoms with E-state index in [1.807, 2.05) is 0 Å². The number of ether oxygens (including phenoxy) is 1. The summed E-state index contributed by atoms with van der Waals surface area (Å²) >= 11 is 0. The summed E-state index contributed by atoms with van der Waals surface area (Å²) in [6, 6.07) is 4.72. The van der Waals surface area contributed by atoms with Crippen molar-refractivity contribution in [1.29, 1.82) is 0 Å². The van der Waals surface area contributed by atoms with Crippen LogP contribution in [0, 0.1) is 11.8 Å². The molecule has 0 aromatic heterocycles. The number of nitrogens with two attached hydrogens (primary N) is 1. The maximum Gasteiger partial charge on any atom is 0.330 e. The first-order valence-corrected chi connectivity index (χ1v) is 17.1. The number of nitrogens with one attached hydrogen (secondary N) is 4. The standard InChI is InChI=1S/C31H52N5O9P/c1-10-31(8,32)30(41)36-25(19(4)5)28(39)35-23(18(2)3)17-46(42,43)45-24(16-22-14-12-11-13-15-22)27(38)33-20(6)26(37)34-21(7)29(40)44-9/h11-15,18-21,23-25H,10,16-17,32H2,1-9H3,(H,33,38)(H,34,37)(H,35,39)(H,36,41)(H,42,43)/t20-,21-,23-,24-,25-,31-/m0/s1. The summed E-state index contributed by atoms with van der Waals surface area (Å²) in [5.74, 6) is -3.91. The summed E-state index contributed by atoms with van der Waals surface area (Å²) in [6.07, 6.45) is -1.78. The lowest BCUT2D eigenvalue weighted by Gasteiger charge is -2.31. The summed E-state index contributed by atoms with van der Waals surface area (Å²) in [5, 5.41) is 10.3. The van der Waals surface area contributed by atoms with E-state index in [0.29, 0.717) is 12.0 Å². The van der Waals surface area contributed by atoms with E-state index >= 15 is 0 Å². The Morgan fingerprint density at radius 3 is 1.93 bits per heavy atom. The van der Waals surface area contributed by atoms with Gasteiger partial charge in [0, 0.05) is 12.5 Å². The summed E-state index contributed by atoms with van der Waals surface area (Å²) in [6.45, 7) is 13.1. The van der Waals surface area contributed by atoms with E-state index in [-0.39, 0.29) is 18.3 Å². The molecule has 1 aromatic rings. The van der Waals surface area contributed by atoms with E-state index in [1.165, 1.54) is 21.0 Å². The van der Waals surface area contributed by atoms with Gasteiger partial charge in [0.1, 0.15) is 24.2 Å². The van der Waals surface area contributed by atoms with Crippen LogP contribution in [0.4, 0.5) is 0 Å². The molecule has 0 aliphatic rings. The molecule has 15 heteroatoms. The molecule has 0 aliphatic carbocycles. The van der Waals surface area contributed by atoms with Crippen molar-refractivity contribution < 1.29 is 42.7 Å². The van der Waals surface area contributed by atoms with Gasteiger partial charge in [-0.05, 0) is 44.6 Å². The first kappa shape index (κ1) is 40.7. The van der Waals surface area contributed by atoms with Crippen molar-refractivity contribution in [3.63, 3.8) is 0 Å². The first-order valence-electron chi connectivity index (χ1n) is 15.4. The Morgan fingerprint density at radius 2 is 1.43 bits per heavy atom. The van der Waals surface area contributed by atoms with Crippen LogP contribution >= 0.6 is 7.60 Å². The Morgan fingerprint density at radius 1 is 0.870 bits per heavy atom. The fourth-order valence-electron chi connectivity index (χ4n) is 4.14. The minimum Gasteiger partial charge on any atom is -0.467 e. The highest BCUT2D eigenvalue weighted by atomic mass is 31.2. The predicted molar refractivity (Wildman–Crippen MR) is 173 cm³/mol. The quantitative estimate of drug-likeness (QED) is 0.0976. The molecule has 0 radical (unpaired) electrons. The molecule has 7 atom stereocenters. The van der Waals surface area contributed by atoms with Gasteiger partial charge in [0.15, 0.2) is 0 Å². The van der Waals surface area contributed by atoms with E-state index < -0.39 is 79.2 Å². The zero-order valence-electron chi connectivity index (χ0n) is 28.3. The molecule has 0 bridgehead atoms. The van der Waals surface area contributed by atoms with Gasteiger partial charge in [0.2, 0.25) is 17.7 Å². The molecule has 0 saturated heterocycles. The number of carbonyl (C=O) groups excluding carboxylic acids is 5. The minimum absolute atomic E-state index is 0.0976. The van der Waals surface area contributed by atoms with E-state index in [0.717, 1.165) is 0 Å². The van der Waals surface area contributed by atoms with Gasteiger partial charge in [0.25, 0.3) is 5.91 Å². The summed E-state index contributed by atoms with van der Waals surface area (Å²) in [4.78, 5) is 74.6. The van der Waals surface area contributed by atoms with Crippen LogP contribution in [-0.2, 0) is 44.2 Å². The molecule has 0 aliphatic heterocycles. The Hall–Kier alpha value is -3.32. The number of carbonyl (C=O) groups is 5. The van der Waals surface area contributed by atoms with Crippen LogP contribution < -0.4 is 27.0 Å². The second-order valence-corrected chi connectivity index (χ2v) is 14.3. The molecule has 0 spiro atoms. The third-order valence-corrected chi connectivity index (χ3v) is 9.00. The van der Waals surface area contributed by atoms with E-state index in [2.05, 4.69) is 26.0 Å². The number of esters is 1. The molecule has 1 aromatic carbocycles. The Balaban J connectivity index is 3.16. The number of methoxy groups -OCH3 is 1. The van der Waals surface area contributed by atoms with Crippen molar-refractivity contribution in [3.8, 4) is 0 Å². The van der Waals surface area contributed by atoms with Crippen LogP contribution in [-0.4, -0.2) is 83.6 Å². The second-order valence-electron chi connectivity index (χ2n) is 12.4. The SMILES string of the molecule is CC[C@](C)(N)C(=O)N[C@H](C(=O)N[C@@H](CP(=O)(O)O[C@@H](Cc1ccccc1)C(=O)N[C@@H](C)C(=O)N[C@@H](C)C(=O)OC)C(C)C)C(C)C. The smallest absolute Gasteiger partial charge is 0.330 e. The van der Waals surface area contributed by atoms with Gasteiger partial charge in [-0.3, -0.25) is 28.3 Å². The van der Waals surface area contributed by atoms with E-state index in [4.69, 9.17) is 10.3 Å². The van der Waals surface area contributed by atoms with Gasteiger partial charge in [-0.25, -0.2) is 4.79 Å². The molecule has 7 N–H and O–H groups in total. The van der Waals surface area contributed by atoms with Crippen molar-refractivity contribution in [2.24, 2.45) is 17.6 Å². The molecule has 0 heterocycles. The molecular formula is C31H52N5O9P. The summed E-state index contributed by atoms with van der Waals surface area (Å²) in [5.41, 5.74) is 5.49. The van der Waals surface area contributed by atoms with Gasteiger partial charge in [-0.2, -0.15) is 0 Å².